The summed E-state index contributed by atoms with van der Waals surface area (Å²) in [6, 6.07) is 19.2. The van der Waals surface area contributed by atoms with Crippen LogP contribution >= 0.6 is 43.5 Å². The number of fused-ring (bicyclic) bond motifs is 2. The van der Waals surface area contributed by atoms with Gasteiger partial charge in [0, 0.05) is 19.7 Å². The monoisotopic (exact) mass is 543 g/mol. The van der Waals surface area contributed by atoms with Crippen LogP contribution < -0.4 is 10.3 Å². The van der Waals surface area contributed by atoms with Gasteiger partial charge in [-0.3, -0.25) is 14.5 Å². The first-order valence-corrected chi connectivity index (χ1v) is 11.0. The summed E-state index contributed by atoms with van der Waals surface area (Å²) >= 11 is 13.0. The van der Waals surface area contributed by atoms with Crippen molar-refractivity contribution in [3.05, 3.63) is 108 Å². The lowest BCUT2D eigenvalue weighted by atomic mass is 9.98. The molecule has 1 atom stereocenters. The maximum absolute atomic E-state index is 13.5. The van der Waals surface area contributed by atoms with Crippen molar-refractivity contribution in [1.82, 2.24) is 0 Å². The topological polar surface area (TPSA) is 50.5 Å². The summed E-state index contributed by atoms with van der Waals surface area (Å²) < 4.78 is 7.68. The Balaban J connectivity index is 1.83. The molecule has 5 rings (SSSR count). The molecular formula is C23H12Br2ClNO3. The van der Waals surface area contributed by atoms with E-state index in [1.807, 2.05) is 48.5 Å². The van der Waals surface area contributed by atoms with Crippen LogP contribution in [0.5, 0.6) is 0 Å². The molecule has 3 aromatic carbocycles. The van der Waals surface area contributed by atoms with E-state index in [4.69, 9.17) is 16.0 Å². The van der Waals surface area contributed by atoms with Gasteiger partial charge in [-0.1, -0.05) is 55.6 Å². The molecule has 0 bridgehead atoms. The lowest BCUT2D eigenvalue weighted by Crippen LogP contribution is -2.29. The Kier molecular flexibility index (Phi) is 4.81. The Morgan fingerprint density at radius 1 is 0.900 bits per heavy atom. The molecule has 0 saturated heterocycles. The van der Waals surface area contributed by atoms with Gasteiger partial charge in [-0.25, -0.2) is 0 Å². The average Bonchev–Trinajstić information content (AvgIpc) is 3.02. The third-order valence-corrected chi connectivity index (χ3v) is 6.36. The highest BCUT2D eigenvalue weighted by molar-refractivity contribution is 9.10. The van der Waals surface area contributed by atoms with E-state index >= 15 is 0 Å². The van der Waals surface area contributed by atoms with Gasteiger partial charge in [0.2, 0.25) is 5.76 Å². The van der Waals surface area contributed by atoms with Crippen LogP contribution in [0.2, 0.25) is 5.02 Å². The lowest BCUT2D eigenvalue weighted by molar-refractivity contribution is 0.0971. The molecule has 0 N–H and O–H groups in total. The fourth-order valence-corrected chi connectivity index (χ4v) is 4.66. The summed E-state index contributed by atoms with van der Waals surface area (Å²) in [6.07, 6.45) is 0. The highest BCUT2D eigenvalue weighted by Gasteiger charge is 2.43. The number of hydrogen-bond donors (Lipinski definition) is 0. The molecule has 30 heavy (non-hydrogen) atoms. The number of carbonyl (C=O) groups excluding carboxylic acids is 1. The van der Waals surface area contributed by atoms with Gasteiger partial charge in [0.25, 0.3) is 5.91 Å². The summed E-state index contributed by atoms with van der Waals surface area (Å²) in [5.41, 5.74) is 1.86. The molecule has 1 unspecified atom stereocenters. The molecule has 148 valence electrons. The molecule has 1 aliphatic rings. The lowest BCUT2D eigenvalue weighted by Gasteiger charge is -2.25. The van der Waals surface area contributed by atoms with Crippen LogP contribution in [0, 0.1) is 0 Å². The fourth-order valence-electron chi connectivity index (χ4n) is 3.81. The molecule has 1 aliphatic heterocycles. The van der Waals surface area contributed by atoms with Crippen LogP contribution in [0.1, 0.15) is 27.7 Å². The van der Waals surface area contributed by atoms with Crippen molar-refractivity contribution < 1.29 is 9.21 Å². The van der Waals surface area contributed by atoms with Crippen LogP contribution in [-0.4, -0.2) is 5.91 Å². The average molecular weight is 546 g/mol. The van der Waals surface area contributed by atoms with Gasteiger partial charge in [0.15, 0.2) is 5.43 Å². The molecule has 1 amide bonds. The van der Waals surface area contributed by atoms with Gasteiger partial charge >= 0.3 is 0 Å². The second kappa shape index (κ2) is 7.38. The molecule has 0 aliphatic carbocycles. The summed E-state index contributed by atoms with van der Waals surface area (Å²) in [5.74, 6) is -0.297. The zero-order valence-electron chi connectivity index (χ0n) is 15.2. The minimum atomic E-state index is -0.620. The van der Waals surface area contributed by atoms with E-state index in [1.165, 1.54) is 0 Å². The molecule has 1 aromatic heterocycles. The molecular weight excluding hydrogens is 534 g/mol. The van der Waals surface area contributed by atoms with Crippen LogP contribution in [0.3, 0.4) is 0 Å². The second-order valence-corrected chi connectivity index (χ2v) is 9.19. The number of hydrogen-bond acceptors (Lipinski definition) is 3. The highest BCUT2D eigenvalue weighted by Crippen LogP contribution is 2.42. The maximum Gasteiger partial charge on any atom is 0.295 e. The number of amides is 1. The molecule has 0 radical (unpaired) electrons. The minimum absolute atomic E-state index is 0.0581. The number of rotatable bonds is 2. The van der Waals surface area contributed by atoms with E-state index in [0.717, 1.165) is 14.5 Å². The van der Waals surface area contributed by atoms with E-state index < -0.39 is 6.04 Å². The van der Waals surface area contributed by atoms with E-state index in [0.29, 0.717) is 27.2 Å². The minimum Gasteiger partial charge on any atom is -0.450 e. The van der Waals surface area contributed by atoms with E-state index in [2.05, 4.69) is 31.9 Å². The molecule has 0 saturated carbocycles. The van der Waals surface area contributed by atoms with Gasteiger partial charge in [-0.05, 0) is 60.2 Å². The van der Waals surface area contributed by atoms with Crippen LogP contribution in [0.4, 0.5) is 5.69 Å². The first-order chi connectivity index (χ1) is 14.4. The largest absolute Gasteiger partial charge is 0.450 e. The number of anilines is 1. The summed E-state index contributed by atoms with van der Waals surface area (Å²) in [6.45, 7) is 0. The summed E-state index contributed by atoms with van der Waals surface area (Å²) in [7, 11) is 0. The predicted molar refractivity (Wildman–Crippen MR) is 124 cm³/mol. The van der Waals surface area contributed by atoms with Gasteiger partial charge < -0.3 is 4.42 Å². The predicted octanol–water partition coefficient (Wildman–Crippen LogP) is 6.72. The van der Waals surface area contributed by atoms with E-state index in [1.54, 1.807) is 23.1 Å². The number of benzene rings is 3. The van der Waals surface area contributed by atoms with Crippen molar-refractivity contribution in [3.63, 3.8) is 0 Å². The Morgan fingerprint density at radius 3 is 2.40 bits per heavy atom. The van der Waals surface area contributed by atoms with Gasteiger partial charge in [-0.2, -0.15) is 0 Å². The van der Waals surface area contributed by atoms with E-state index in [9.17, 15) is 9.59 Å². The third-order valence-electron chi connectivity index (χ3n) is 5.10. The highest BCUT2D eigenvalue weighted by atomic mass is 79.9. The normalized spacial score (nSPS) is 15.6. The molecule has 0 spiro atoms. The Bertz CT molecular complexity index is 1380. The zero-order chi connectivity index (χ0) is 21.0. The summed E-state index contributed by atoms with van der Waals surface area (Å²) in [4.78, 5) is 28.6. The Labute approximate surface area is 193 Å². The van der Waals surface area contributed by atoms with E-state index in [-0.39, 0.29) is 17.1 Å². The first-order valence-electron chi connectivity index (χ1n) is 9.05. The van der Waals surface area contributed by atoms with Crippen molar-refractivity contribution >= 4 is 66.0 Å². The van der Waals surface area contributed by atoms with Crippen LogP contribution in [-0.2, 0) is 0 Å². The first kappa shape index (κ1) is 19.5. The molecule has 7 heteroatoms. The molecule has 2 heterocycles. The number of nitrogens with zero attached hydrogens (tertiary/aromatic N) is 1. The third kappa shape index (κ3) is 3.11. The quantitative estimate of drug-likeness (QED) is 0.281. The smallest absolute Gasteiger partial charge is 0.295 e. The molecule has 0 fully saturated rings. The SMILES string of the molecule is O=C1c2oc3ccc(Cl)cc3c(=O)c2C(c2cccc(Br)c2)N1c1ccc(Br)cc1. The fraction of sp³-hybridized carbons (Fsp3) is 0.0435. The van der Waals surface area contributed by atoms with Crippen molar-refractivity contribution in [1.29, 1.82) is 0 Å². The van der Waals surface area contributed by atoms with Crippen molar-refractivity contribution in [3.8, 4) is 0 Å². The number of halogens is 3. The molecule has 4 nitrogen and oxygen atoms in total. The maximum atomic E-state index is 13.5. The molecule has 4 aromatic rings. The van der Waals surface area contributed by atoms with Gasteiger partial charge in [-0.15, -0.1) is 0 Å². The van der Waals surface area contributed by atoms with Gasteiger partial charge in [0.05, 0.1) is 17.0 Å². The standard InChI is InChI=1S/C23H12Br2ClNO3/c24-13-4-7-16(8-5-13)27-20(12-2-1-3-14(25)10-12)19-21(28)17-11-15(26)6-9-18(17)30-22(19)23(27)29/h1-11,20H. The van der Waals surface area contributed by atoms with Gasteiger partial charge in [0.1, 0.15) is 5.58 Å². The van der Waals surface area contributed by atoms with Crippen molar-refractivity contribution in [2.75, 3.05) is 4.90 Å². The Hall–Kier alpha value is -2.41. The van der Waals surface area contributed by atoms with Crippen molar-refractivity contribution in [2.24, 2.45) is 0 Å². The van der Waals surface area contributed by atoms with Crippen LogP contribution in [0.15, 0.2) is 84.9 Å². The van der Waals surface area contributed by atoms with Crippen LogP contribution in [0.25, 0.3) is 11.0 Å². The summed E-state index contributed by atoms with van der Waals surface area (Å²) in [5, 5.41) is 0.787. The Morgan fingerprint density at radius 2 is 1.67 bits per heavy atom. The van der Waals surface area contributed by atoms with Crippen molar-refractivity contribution in [2.45, 2.75) is 6.04 Å². The zero-order valence-corrected chi connectivity index (χ0v) is 19.2. The second-order valence-electron chi connectivity index (χ2n) is 6.92. The number of carbonyl (C=O) groups is 1.